The quantitative estimate of drug-likeness (QED) is 0.521. The van der Waals surface area contributed by atoms with Crippen LogP contribution in [0, 0.1) is 5.92 Å². The van der Waals surface area contributed by atoms with E-state index in [1.165, 1.54) is 11.1 Å². The maximum absolute atomic E-state index is 12.2. The van der Waals surface area contributed by atoms with Crippen molar-refractivity contribution in [3.8, 4) is 11.1 Å². The van der Waals surface area contributed by atoms with Gasteiger partial charge < -0.3 is 0 Å². The summed E-state index contributed by atoms with van der Waals surface area (Å²) in [4.78, 5) is 23.7. The molecule has 27 heavy (non-hydrogen) atoms. The number of Topliss-reactive ketones (excluding diaryl/α,β-unsaturated/α-hetero) is 2. The van der Waals surface area contributed by atoms with Gasteiger partial charge >= 0.3 is 0 Å². The van der Waals surface area contributed by atoms with Crippen molar-refractivity contribution in [2.75, 3.05) is 0 Å². The van der Waals surface area contributed by atoms with Crippen LogP contribution >= 0.6 is 0 Å². The molecule has 1 aliphatic carbocycles. The first-order valence-electron chi connectivity index (χ1n) is 10.3. The van der Waals surface area contributed by atoms with E-state index in [2.05, 4.69) is 31.2 Å². The maximum atomic E-state index is 12.2. The molecule has 1 saturated carbocycles. The van der Waals surface area contributed by atoms with Crippen LogP contribution in [0.15, 0.2) is 48.5 Å². The van der Waals surface area contributed by atoms with Crippen molar-refractivity contribution in [2.24, 2.45) is 5.92 Å². The molecule has 0 spiro atoms. The Kier molecular flexibility index (Phi) is 6.60. The average molecular weight is 363 g/mol. The summed E-state index contributed by atoms with van der Waals surface area (Å²) in [6.07, 6.45) is 7.23. The molecule has 0 amide bonds. The monoisotopic (exact) mass is 362 g/mol. The van der Waals surface area contributed by atoms with E-state index in [1.807, 2.05) is 24.3 Å². The van der Waals surface area contributed by atoms with Crippen LogP contribution in [0.3, 0.4) is 0 Å². The predicted octanol–water partition coefficient (Wildman–Crippen LogP) is 6.59. The molecule has 2 heteroatoms. The SMILES string of the molecule is CCCCC(=O)C1CCC(c2ccc(-c3ccc(C(C)=O)cc3)cc2)CC1. The van der Waals surface area contributed by atoms with Gasteiger partial charge in [-0.25, -0.2) is 0 Å². The van der Waals surface area contributed by atoms with Gasteiger partial charge in [0.2, 0.25) is 0 Å². The molecule has 0 heterocycles. The van der Waals surface area contributed by atoms with Crippen LogP contribution in [0.25, 0.3) is 11.1 Å². The zero-order valence-corrected chi connectivity index (χ0v) is 16.5. The minimum absolute atomic E-state index is 0.0978. The molecule has 0 radical (unpaired) electrons. The van der Waals surface area contributed by atoms with Crippen molar-refractivity contribution in [3.63, 3.8) is 0 Å². The number of ketones is 2. The fraction of sp³-hybridized carbons (Fsp3) is 0.440. The van der Waals surface area contributed by atoms with E-state index in [-0.39, 0.29) is 5.78 Å². The van der Waals surface area contributed by atoms with E-state index >= 15 is 0 Å². The van der Waals surface area contributed by atoms with Crippen molar-refractivity contribution in [3.05, 3.63) is 59.7 Å². The molecule has 2 nitrogen and oxygen atoms in total. The fourth-order valence-electron chi connectivity index (χ4n) is 4.15. The van der Waals surface area contributed by atoms with Gasteiger partial charge in [-0.15, -0.1) is 0 Å². The second-order valence-corrected chi connectivity index (χ2v) is 7.87. The van der Waals surface area contributed by atoms with E-state index in [9.17, 15) is 9.59 Å². The van der Waals surface area contributed by atoms with E-state index in [1.54, 1.807) is 6.92 Å². The fourth-order valence-corrected chi connectivity index (χ4v) is 4.15. The molecule has 0 atom stereocenters. The normalized spacial score (nSPS) is 19.6. The van der Waals surface area contributed by atoms with E-state index in [0.29, 0.717) is 17.6 Å². The molecule has 142 valence electrons. The Morgan fingerprint density at radius 1 is 0.852 bits per heavy atom. The molecule has 0 unspecified atom stereocenters. The molecule has 0 N–H and O–H groups in total. The van der Waals surface area contributed by atoms with Crippen LogP contribution in [-0.2, 0) is 4.79 Å². The summed E-state index contributed by atoms with van der Waals surface area (Å²) >= 11 is 0. The summed E-state index contributed by atoms with van der Waals surface area (Å²) < 4.78 is 0. The first-order valence-corrected chi connectivity index (χ1v) is 10.3. The molecule has 1 aliphatic rings. The number of rotatable bonds is 7. The Labute approximate surface area is 163 Å². The standard InChI is InChI=1S/C25H30O2/c1-3-4-5-25(27)24-16-14-23(15-17-24)22-12-10-21(11-13-22)20-8-6-19(7-9-20)18(2)26/h6-13,23-24H,3-5,14-17H2,1-2H3. The summed E-state index contributed by atoms with van der Waals surface area (Å²) in [5.74, 6) is 1.46. The highest BCUT2D eigenvalue weighted by Crippen LogP contribution is 2.37. The van der Waals surface area contributed by atoms with Crippen molar-refractivity contribution < 1.29 is 9.59 Å². The lowest BCUT2D eigenvalue weighted by Gasteiger charge is -2.28. The number of hydrogen-bond donors (Lipinski definition) is 0. The summed E-state index contributed by atoms with van der Waals surface area (Å²) in [5.41, 5.74) is 4.45. The molecule has 0 aromatic heterocycles. The van der Waals surface area contributed by atoms with E-state index in [4.69, 9.17) is 0 Å². The molecule has 1 fully saturated rings. The van der Waals surface area contributed by atoms with Crippen LogP contribution in [0.5, 0.6) is 0 Å². The van der Waals surface area contributed by atoms with Gasteiger partial charge in [0.1, 0.15) is 5.78 Å². The second kappa shape index (κ2) is 9.12. The highest BCUT2D eigenvalue weighted by atomic mass is 16.1. The third-order valence-electron chi connectivity index (χ3n) is 5.97. The van der Waals surface area contributed by atoms with E-state index < -0.39 is 0 Å². The molecule has 0 saturated heterocycles. The van der Waals surface area contributed by atoms with Gasteiger partial charge in [0.25, 0.3) is 0 Å². The lowest BCUT2D eigenvalue weighted by atomic mass is 9.76. The lowest BCUT2D eigenvalue weighted by Crippen LogP contribution is -2.21. The zero-order valence-electron chi connectivity index (χ0n) is 16.5. The van der Waals surface area contributed by atoms with Crippen molar-refractivity contribution >= 4 is 11.6 Å². The van der Waals surface area contributed by atoms with Crippen LogP contribution < -0.4 is 0 Å². The summed E-state index contributed by atoms with van der Waals surface area (Å²) in [6.45, 7) is 3.74. The molecule has 2 aromatic carbocycles. The molecular weight excluding hydrogens is 332 g/mol. The minimum Gasteiger partial charge on any atom is -0.299 e. The van der Waals surface area contributed by atoms with E-state index in [0.717, 1.165) is 56.1 Å². The molecule has 2 aromatic rings. The first kappa shape index (κ1) is 19.5. The summed E-state index contributed by atoms with van der Waals surface area (Å²) in [5, 5.41) is 0. The van der Waals surface area contributed by atoms with Gasteiger partial charge in [0, 0.05) is 17.9 Å². The van der Waals surface area contributed by atoms with Gasteiger partial charge in [-0.05, 0) is 61.6 Å². The van der Waals surface area contributed by atoms with Gasteiger partial charge in [0.05, 0.1) is 0 Å². The number of unbranched alkanes of at least 4 members (excludes halogenated alkanes) is 1. The van der Waals surface area contributed by atoms with Gasteiger partial charge in [-0.2, -0.15) is 0 Å². The zero-order chi connectivity index (χ0) is 19.2. The van der Waals surface area contributed by atoms with Crippen molar-refractivity contribution in [1.82, 2.24) is 0 Å². The number of carbonyl (C=O) groups is 2. The van der Waals surface area contributed by atoms with Crippen LogP contribution in [-0.4, -0.2) is 11.6 Å². The highest BCUT2D eigenvalue weighted by molar-refractivity contribution is 5.94. The van der Waals surface area contributed by atoms with Gasteiger partial charge in [-0.3, -0.25) is 9.59 Å². The Morgan fingerprint density at radius 2 is 1.41 bits per heavy atom. The Hall–Kier alpha value is -2.22. The minimum atomic E-state index is 0.0978. The third-order valence-corrected chi connectivity index (χ3v) is 5.97. The molecule has 3 rings (SSSR count). The maximum Gasteiger partial charge on any atom is 0.159 e. The predicted molar refractivity (Wildman–Crippen MR) is 111 cm³/mol. The molecule has 0 bridgehead atoms. The molecular formula is C25H30O2. The van der Waals surface area contributed by atoms with Crippen LogP contribution in [0.4, 0.5) is 0 Å². The van der Waals surface area contributed by atoms with Crippen molar-refractivity contribution in [2.45, 2.75) is 64.7 Å². The number of benzene rings is 2. The highest BCUT2D eigenvalue weighted by Gasteiger charge is 2.26. The number of hydrogen-bond acceptors (Lipinski definition) is 2. The Balaban J connectivity index is 1.59. The Morgan fingerprint density at radius 3 is 1.93 bits per heavy atom. The molecule has 0 aliphatic heterocycles. The largest absolute Gasteiger partial charge is 0.299 e. The summed E-state index contributed by atoms with van der Waals surface area (Å²) in [6, 6.07) is 16.6. The third kappa shape index (κ3) is 4.94. The summed E-state index contributed by atoms with van der Waals surface area (Å²) in [7, 11) is 0. The van der Waals surface area contributed by atoms with Gasteiger partial charge in [0.15, 0.2) is 5.78 Å². The van der Waals surface area contributed by atoms with Gasteiger partial charge in [-0.1, -0.05) is 61.9 Å². The second-order valence-electron chi connectivity index (χ2n) is 7.87. The van der Waals surface area contributed by atoms with Crippen molar-refractivity contribution in [1.29, 1.82) is 0 Å². The first-order chi connectivity index (χ1) is 13.1. The average Bonchev–Trinajstić information content (AvgIpc) is 2.72. The topological polar surface area (TPSA) is 34.1 Å². The smallest absolute Gasteiger partial charge is 0.159 e. The Bertz CT molecular complexity index is 763. The number of carbonyl (C=O) groups excluding carboxylic acids is 2. The van der Waals surface area contributed by atoms with Crippen LogP contribution in [0.1, 0.15) is 80.6 Å². The van der Waals surface area contributed by atoms with Crippen LogP contribution in [0.2, 0.25) is 0 Å². The lowest BCUT2D eigenvalue weighted by molar-refractivity contribution is -0.124.